The zero-order chi connectivity index (χ0) is 21.8. The van der Waals surface area contributed by atoms with Crippen LogP contribution in [0.1, 0.15) is 11.1 Å². The second-order valence-electron chi connectivity index (χ2n) is 8.75. The number of nitrogens with zero attached hydrogens (tertiary/aromatic N) is 4. The SMILES string of the molecule is CN(CCc1cnn(C)c1)C(=O)C1C2C(=O)N(Cc3ccc(F)cc3)C[C@]23C=C[C@H]1O3. The average molecular weight is 424 g/mol. The summed E-state index contributed by atoms with van der Waals surface area (Å²) in [7, 11) is 3.64. The molecule has 8 heteroatoms. The summed E-state index contributed by atoms with van der Waals surface area (Å²) in [6, 6.07) is 6.13. The third-order valence-electron chi connectivity index (χ3n) is 6.62. The summed E-state index contributed by atoms with van der Waals surface area (Å²) < 4.78 is 21.2. The fourth-order valence-electron chi connectivity index (χ4n) is 5.07. The normalized spacial score (nSPS) is 28.4. The number of ether oxygens (including phenoxy) is 1. The van der Waals surface area contributed by atoms with Gasteiger partial charge in [-0.15, -0.1) is 0 Å². The molecule has 7 nitrogen and oxygen atoms in total. The Hall–Kier alpha value is -3.00. The van der Waals surface area contributed by atoms with E-state index in [9.17, 15) is 14.0 Å². The highest BCUT2D eigenvalue weighted by atomic mass is 19.1. The smallest absolute Gasteiger partial charge is 0.230 e. The summed E-state index contributed by atoms with van der Waals surface area (Å²) in [5.74, 6) is -1.49. The largest absolute Gasteiger partial charge is 0.360 e. The van der Waals surface area contributed by atoms with E-state index in [4.69, 9.17) is 4.74 Å². The summed E-state index contributed by atoms with van der Waals surface area (Å²) in [6.45, 7) is 1.33. The molecule has 31 heavy (non-hydrogen) atoms. The summed E-state index contributed by atoms with van der Waals surface area (Å²) in [5, 5.41) is 4.16. The van der Waals surface area contributed by atoms with Gasteiger partial charge in [-0.05, 0) is 29.7 Å². The van der Waals surface area contributed by atoms with Crippen molar-refractivity contribution in [2.24, 2.45) is 18.9 Å². The van der Waals surface area contributed by atoms with E-state index in [2.05, 4.69) is 5.10 Å². The Morgan fingerprint density at radius 1 is 1.32 bits per heavy atom. The Bertz CT molecular complexity index is 1050. The molecule has 4 atom stereocenters. The Kier molecular flexibility index (Phi) is 4.69. The van der Waals surface area contributed by atoms with Crippen LogP contribution in [-0.4, -0.2) is 63.2 Å². The Labute approximate surface area is 180 Å². The topological polar surface area (TPSA) is 67.7 Å². The van der Waals surface area contributed by atoms with Gasteiger partial charge in [0.15, 0.2) is 0 Å². The predicted octanol–water partition coefficient (Wildman–Crippen LogP) is 1.54. The minimum Gasteiger partial charge on any atom is -0.360 e. The minimum absolute atomic E-state index is 0.0675. The summed E-state index contributed by atoms with van der Waals surface area (Å²) in [4.78, 5) is 30.1. The van der Waals surface area contributed by atoms with Crippen LogP contribution in [0.15, 0.2) is 48.8 Å². The zero-order valence-electron chi connectivity index (χ0n) is 17.6. The number of halogens is 1. The number of likely N-dealkylation sites (N-methyl/N-ethyl adjacent to an activating group) is 1. The van der Waals surface area contributed by atoms with E-state index >= 15 is 0 Å². The molecule has 0 radical (unpaired) electrons. The number of carbonyl (C=O) groups is 2. The number of likely N-dealkylation sites (tertiary alicyclic amines) is 1. The third kappa shape index (κ3) is 3.35. The first-order valence-electron chi connectivity index (χ1n) is 10.5. The van der Waals surface area contributed by atoms with Gasteiger partial charge in [0.05, 0.1) is 30.7 Å². The van der Waals surface area contributed by atoms with E-state index in [-0.39, 0.29) is 23.7 Å². The Morgan fingerprint density at radius 2 is 2.10 bits per heavy atom. The van der Waals surface area contributed by atoms with Crippen LogP contribution < -0.4 is 0 Å². The van der Waals surface area contributed by atoms with Gasteiger partial charge in [-0.3, -0.25) is 14.3 Å². The second kappa shape index (κ2) is 7.30. The minimum atomic E-state index is -0.744. The molecule has 2 fully saturated rings. The van der Waals surface area contributed by atoms with Gasteiger partial charge >= 0.3 is 0 Å². The van der Waals surface area contributed by atoms with Crippen LogP contribution in [-0.2, 0) is 34.3 Å². The van der Waals surface area contributed by atoms with E-state index < -0.39 is 17.4 Å². The highest BCUT2D eigenvalue weighted by Gasteiger charge is 2.67. The number of benzene rings is 1. The first kappa shape index (κ1) is 19.9. The van der Waals surface area contributed by atoms with E-state index in [1.54, 1.807) is 39.9 Å². The van der Waals surface area contributed by atoms with Crippen molar-refractivity contribution in [3.8, 4) is 0 Å². The third-order valence-corrected chi connectivity index (χ3v) is 6.62. The molecule has 2 bridgehead atoms. The van der Waals surface area contributed by atoms with Crippen molar-refractivity contribution in [3.63, 3.8) is 0 Å². The molecular weight excluding hydrogens is 399 g/mol. The van der Waals surface area contributed by atoms with Crippen LogP contribution in [0.4, 0.5) is 4.39 Å². The number of rotatable bonds is 6. The van der Waals surface area contributed by atoms with Crippen LogP contribution in [0.3, 0.4) is 0 Å². The van der Waals surface area contributed by atoms with Crippen molar-refractivity contribution in [2.45, 2.75) is 24.7 Å². The number of carbonyl (C=O) groups excluding carboxylic acids is 2. The summed E-state index contributed by atoms with van der Waals surface area (Å²) in [5.41, 5.74) is 1.16. The van der Waals surface area contributed by atoms with Gasteiger partial charge in [0, 0.05) is 33.4 Å². The van der Waals surface area contributed by atoms with Gasteiger partial charge < -0.3 is 14.5 Å². The summed E-state index contributed by atoms with van der Waals surface area (Å²) >= 11 is 0. The van der Waals surface area contributed by atoms with Crippen molar-refractivity contribution in [1.82, 2.24) is 19.6 Å². The number of aryl methyl sites for hydroxylation is 1. The van der Waals surface area contributed by atoms with E-state index in [0.29, 0.717) is 26.1 Å². The molecule has 5 rings (SSSR count). The highest BCUT2D eigenvalue weighted by Crippen LogP contribution is 2.52. The number of hydrogen-bond acceptors (Lipinski definition) is 4. The molecule has 1 aromatic heterocycles. The van der Waals surface area contributed by atoms with Crippen LogP contribution >= 0.6 is 0 Å². The molecule has 2 unspecified atom stereocenters. The molecular formula is C23H25FN4O3. The van der Waals surface area contributed by atoms with Gasteiger partial charge in [0.25, 0.3) is 0 Å². The first-order valence-corrected chi connectivity index (χ1v) is 10.5. The van der Waals surface area contributed by atoms with Crippen LogP contribution in [0.25, 0.3) is 0 Å². The average Bonchev–Trinajstić information content (AvgIpc) is 3.49. The quantitative estimate of drug-likeness (QED) is 0.660. The van der Waals surface area contributed by atoms with Crippen molar-refractivity contribution in [3.05, 3.63) is 65.8 Å². The lowest BCUT2D eigenvalue weighted by Crippen LogP contribution is -2.45. The van der Waals surface area contributed by atoms with Gasteiger partial charge in [-0.1, -0.05) is 24.3 Å². The lowest BCUT2D eigenvalue weighted by molar-refractivity contribution is -0.142. The predicted molar refractivity (Wildman–Crippen MR) is 110 cm³/mol. The van der Waals surface area contributed by atoms with Crippen LogP contribution in [0, 0.1) is 17.7 Å². The first-order chi connectivity index (χ1) is 14.9. The number of amides is 2. The summed E-state index contributed by atoms with van der Waals surface area (Å²) in [6.07, 6.45) is 7.93. The molecule has 4 heterocycles. The molecule has 1 aromatic carbocycles. The molecule has 3 aliphatic heterocycles. The Morgan fingerprint density at radius 3 is 2.81 bits per heavy atom. The maximum Gasteiger partial charge on any atom is 0.230 e. The molecule has 2 amide bonds. The number of aromatic nitrogens is 2. The van der Waals surface area contributed by atoms with Crippen LogP contribution in [0.2, 0.25) is 0 Å². The van der Waals surface area contributed by atoms with Crippen molar-refractivity contribution in [2.75, 3.05) is 20.1 Å². The lowest BCUT2D eigenvalue weighted by atomic mass is 9.76. The van der Waals surface area contributed by atoms with Gasteiger partial charge in [0.2, 0.25) is 11.8 Å². The van der Waals surface area contributed by atoms with Crippen molar-refractivity contribution in [1.29, 1.82) is 0 Å². The monoisotopic (exact) mass is 424 g/mol. The van der Waals surface area contributed by atoms with Gasteiger partial charge in [-0.2, -0.15) is 5.10 Å². The highest BCUT2D eigenvalue weighted by molar-refractivity contribution is 5.93. The van der Waals surface area contributed by atoms with Crippen molar-refractivity contribution < 1.29 is 18.7 Å². The second-order valence-corrected chi connectivity index (χ2v) is 8.75. The molecule has 0 saturated carbocycles. The fraction of sp³-hybridized carbons (Fsp3) is 0.435. The molecule has 2 saturated heterocycles. The lowest BCUT2D eigenvalue weighted by Gasteiger charge is -2.27. The number of hydrogen-bond donors (Lipinski definition) is 0. The zero-order valence-corrected chi connectivity index (χ0v) is 17.6. The maximum atomic E-state index is 13.3. The maximum absolute atomic E-state index is 13.3. The standard InChI is InChI=1S/C23H25FN4O3/c1-26(10-8-16-11-25-27(2)12-16)21(29)19-18-7-9-23(31-18)14-28(22(30)20(19)23)13-15-3-5-17(24)6-4-15/h3-7,9,11-12,18-20H,8,10,13-14H2,1-2H3/t18-,19?,20?,23-/m1/s1. The van der Waals surface area contributed by atoms with Gasteiger partial charge in [0.1, 0.15) is 11.4 Å². The number of fused-ring (bicyclic) bond motifs is 1. The van der Waals surface area contributed by atoms with Gasteiger partial charge in [-0.25, -0.2) is 4.39 Å². The molecule has 0 N–H and O–H groups in total. The van der Waals surface area contributed by atoms with E-state index in [0.717, 1.165) is 11.1 Å². The molecule has 2 aromatic rings. The van der Waals surface area contributed by atoms with Crippen molar-refractivity contribution >= 4 is 11.8 Å². The molecule has 1 spiro atoms. The van der Waals surface area contributed by atoms with E-state index in [1.165, 1.54) is 12.1 Å². The van der Waals surface area contributed by atoms with E-state index in [1.807, 2.05) is 25.4 Å². The van der Waals surface area contributed by atoms with Crippen LogP contribution in [0.5, 0.6) is 0 Å². The molecule has 3 aliphatic rings. The Balaban J connectivity index is 1.30. The fourth-order valence-corrected chi connectivity index (χ4v) is 5.07. The molecule has 162 valence electrons. The molecule has 0 aliphatic carbocycles.